The van der Waals surface area contributed by atoms with Crippen molar-refractivity contribution in [1.82, 2.24) is 19.3 Å². The Balaban J connectivity index is 1.41. The number of nitrogens with one attached hydrogen (secondary N) is 1. The number of sulfone groups is 1. The number of benzene rings is 2. The van der Waals surface area contributed by atoms with Crippen LogP contribution in [0.2, 0.25) is 0 Å². The van der Waals surface area contributed by atoms with Crippen LogP contribution in [-0.2, 0) is 26.4 Å². The molecule has 2 saturated carbocycles. The van der Waals surface area contributed by atoms with Crippen LogP contribution in [0.3, 0.4) is 0 Å². The van der Waals surface area contributed by atoms with Crippen molar-refractivity contribution < 1.29 is 16.8 Å². The number of nitriles is 1. The second-order valence-corrected chi connectivity index (χ2v) is 13.9. The first kappa shape index (κ1) is 24.6. The van der Waals surface area contributed by atoms with Crippen molar-refractivity contribution in [2.45, 2.75) is 54.8 Å². The van der Waals surface area contributed by atoms with Crippen molar-refractivity contribution in [3.8, 4) is 17.3 Å². The van der Waals surface area contributed by atoms with Crippen molar-refractivity contribution in [3.63, 3.8) is 0 Å². The first-order valence-electron chi connectivity index (χ1n) is 12.5. The summed E-state index contributed by atoms with van der Waals surface area (Å²) in [5.74, 6) is -0.123. The average Bonchev–Trinajstić information content (AvgIpc) is 3.53. The maximum atomic E-state index is 13.2. The van der Waals surface area contributed by atoms with Gasteiger partial charge in [0.1, 0.15) is 18.7 Å². The van der Waals surface area contributed by atoms with Crippen molar-refractivity contribution in [2.75, 3.05) is 10.5 Å². The number of hydrogen-bond donors (Lipinski definition) is 1. The van der Waals surface area contributed by atoms with Gasteiger partial charge in [0.15, 0.2) is 9.84 Å². The van der Waals surface area contributed by atoms with Gasteiger partial charge in [0.05, 0.1) is 39.2 Å². The highest BCUT2D eigenvalue weighted by Gasteiger charge is 2.35. The number of aromatic nitrogens is 4. The SMILES string of the molecule is N#Cc1c(-c2ccc(NS(=O)(=O)C3CC3)cc2)n(C2CCC2)c2cc(S(=O)(=O)CCn3cncn3)ccc12. The highest BCUT2D eigenvalue weighted by Crippen LogP contribution is 2.43. The molecule has 12 heteroatoms. The van der Waals surface area contributed by atoms with E-state index in [0.29, 0.717) is 35.0 Å². The van der Waals surface area contributed by atoms with Gasteiger partial charge in [0.25, 0.3) is 0 Å². The molecule has 4 aromatic rings. The van der Waals surface area contributed by atoms with Gasteiger partial charge in [0, 0.05) is 17.1 Å². The van der Waals surface area contributed by atoms with E-state index < -0.39 is 19.9 Å². The van der Waals surface area contributed by atoms with E-state index in [1.807, 2.05) is 12.1 Å². The first-order valence-corrected chi connectivity index (χ1v) is 15.7. The normalized spacial score (nSPS) is 16.3. The molecule has 6 rings (SSSR count). The third kappa shape index (κ3) is 4.46. The molecule has 0 bridgehead atoms. The molecule has 2 aromatic heterocycles. The molecule has 0 spiro atoms. The van der Waals surface area contributed by atoms with Crippen molar-refractivity contribution in [1.29, 1.82) is 5.26 Å². The van der Waals surface area contributed by atoms with Gasteiger partial charge in [-0.3, -0.25) is 9.40 Å². The number of anilines is 1. The van der Waals surface area contributed by atoms with E-state index in [0.717, 1.165) is 30.5 Å². The lowest BCUT2D eigenvalue weighted by molar-refractivity contribution is 0.324. The van der Waals surface area contributed by atoms with E-state index in [1.165, 1.54) is 17.3 Å². The maximum absolute atomic E-state index is 13.2. The Hall–Kier alpha value is -3.69. The summed E-state index contributed by atoms with van der Waals surface area (Å²) in [5, 5.41) is 14.5. The Morgan fingerprint density at radius 2 is 1.79 bits per heavy atom. The van der Waals surface area contributed by atoms with Crippen LogP contribution in [0.1, 0.15) is 43.7 Å². The molecule has 0 saturated heterocycles. The fourth-order valence-electron chi connectivity index (χ4n) is 4.91. The van der Waals surface area contributed by atoms with Gasteiger partial charge in [-0.05, 0) is 61.9 Å². The predicted octanol–water partition coefficient (Wildman–Crippen LogP) is 3.87. The van der Waals surface area contributed by atoms with E-state index in [9.17, 15) is 22.1 Å². The lowest BCUT2D eigenvalue weighted by Crippen LogP contribution is -2.18. The quantitative estimate of drug-likeness (QED) is 0.334. The molecule has 0 aliphatic heterocycles. The molecule has 38 heavy (non-hydrogen) atoms. The predicted molar refractivity (Wildman–Crippen MR) is 143 cm³/mol. The third-order valence-corrected chi connectivity index (χ3v) is 10.9. The topological polar surface area (TPSA) is 140 Å². The van der Waals surface area contributed by atoms with E-state index in [2.05, 4.69) is 25.4 Å². The van der Waals surface area contributed by atoms with Gasteiger partial charge < -0.3 is 4.57 Å². The summed E-state index contributed by atoms with van der Waals surface area (Å²) in [6, 6.07) is 14.5. The molecule has 2 heterocycles. The zero-order valence-electron chi connectivity index (χ0n) is 20.5. The minimum atomic E-state index is -3.61. The van der Waals surface area contributed by atoms with E-state index in [4.69, 9.17) is 0 Å². The van der Waals surface area contributed by atoms with Gasteiger partial charge >= 0.3 is 0 Å². The molecule has 196 valence electrons. The Morgan fingerprint density at radius 3 is 2.39 bits per heavy atom. The van der Waals surface area contributed by atoms with E-state index in [1.54, 1.807) is 30.3 Å². The summed E-state index contributed by atoms with van der Waals surface area (Å²) >= 11 is 0. The van der Waals surface area contributed by atoms with Gasteiger partial charge in [0.2, 0.25) is 10.0 Å². The Kier molecular flexibility index (Phi) is 6.00. The standard InChI is InChI=1S/C26H26N6O4S2/c27-15-24-23-11-10-22(37(33,34)13-12-31-17-28-16-29-31)14-25(23)32(20-2-1-3-20)26(24)18-4-6-19(7-5-18)30-38(35,36)21-8-9-21/h4-7,10-11,14,16-17,20-21,30H,1-3,8-9,12-13H2. The number of hydrogen-bond acceptors (Lipinski definition) is 7. The molecule has 0 radical (unpaired) electrons. The molecular formula is C26H26N6O4S2. The largest absolute Gasteiger partial charge is 0.336 e. The van der Waals surface area contributed by atoms with Crippen LogP contribution in [0, 0.1) is 11.3 Å². The smallest absolute Gasteiger partial charge is 0.235 e. The molecule has 2 aliphatic carbocycles. The van der Waals surface area contributed by atoms with E-state index in [-0.39, 0.29) is 28.5 Å². The summed E-state index contributed by atoms with van der Waals surface area (Å²) < 4.78 is 57.2. The fourth-order valence-corrected chi connectivity index (χ4v) is 7.52. The maximum Gasteiger partial charge on any atom is 0.235 e. The zero-order valence-corrected chi connectivity index (χ0v) is 22.1. The minimum absolute atomic E-state index is 0.123. The average molecular weight is 551 g/mol. The fraction of sp³-hybridized carbons (Fsp3) is 0.346. The van der Waals surface area contributed by atoms with Crippen LogP contribution in [0.4, 0.5) is 5.69 Å². The van der Waals surface area contributed by atoms with Crippen LogP contribution in [0.15, 0.2) is 60.0 Å². The number of rotatable bonds is 9. The monoisotopic (exact) mass is 550 g/mol. The van der Waals surface area contributed by atoms with Crippen LogP contribution >= 0.6 is 0 Å². The van der Waals surface area contributed by atoms with Crippen molar-refractivity contribution in [3.05, 3.63) is 60.7 Å². The van der Waals surface area contributed by atoms with Crippen LogP contribution in [0.5, 0.6) is 0 Å². The molecule has 0 unspecified atom stereocenters. The first-order chi connectivity index (χ1) is 18.3. The van der Waals surface area contributed by atoms with Crippen LogP contribution < -0.4 is 4.72 Å². The molecule has 2 aromatic carbocycles. The minimum Gasteiger partial charge on any atom is -0.336 e. The Labute approximate surface area is 220 Å². The lowest BCUT2D eigenvalue weighted by Gasteiger charge is -2.30. The third-order valence-electron chi connectivity index (χ3n) is 7.32. The van der Waals surface area contributed by atoms with Crippen molar-refractivity contribution >= 4 is 36.5 Å². The molecule has 2 aliphatic rings. The molecular weight excluding hydrogens is 524 g/mol. The van der Waals surface area contributed by atoms with Gasteiger partial charge in [-0.25, -0.2) is 21.8 Å². The van der Waals surface area contributed by atoms with Crippen molar-refractivity contribution in [2.24, 2.45) is 0 Å². The molecule has 2 fully saturated rings. The number of sulfonamides is 1. The number of aryl methyl sites for hydroxylation is 1. The van der Waals surface area contributed by atoms with Gasteiger partial charge in [-0.1, -0.05) is 18.2 Å². The molecule has 1 N–H and O–H groups in total. The molecule has 10 nitrogen and oxygen atoms in total. The summed E-state index contributed by atoms with van der Waals surface area (Å²) in [4.78, 5) is 4.05. The van der Waals surface area contributed by atoms with Crippen LogP contribution in [0.25, 0.3) is 22.2 Å². The Bertz CT molecular complexity index is 1760. The summed E-state index contributed by atoms with van der Waals surface area (Å²) in [7, 11) is -6.99. The summed E-state index contributed by atoms with van der Waals surface area (Å²) in [6.07, 6.45) is 7.13. The van der Waals surface area contributed by atoms with Gasteiger partial charge in [-0.15, -0.1) is 0 Å². The highest BCUT2D eigenvalue weighted by atomic mass is 32.2. The Morgan fingerprint density at radius 1 is 1.03 bits per heavy atom. The molecule has 0 amide bonds. The van der Waals surface area contributed by atoms with E-state index >= 15 is 0 Å². The lowest BCUT2D eigenvalue weighted by atomic mass is 9.92. The number of nitrogens with zero attached hydrogens (tertiary/aromatic N) is 5. The molecule has 0 atom stereocenters. The van der Waals surface area contributed by atoms with Gasteiger partial charge in [-0.2, -0.15) is 10.4 Å². The zero-order chi connectivity index (χ0) is 26.5. The summed E-state index contributed by atoms with van der Waals surface area (Å²) in [5.41, 5.74) is 3.16. The second-order valence-electron chi connectivity index (χ2n) is 9.87. The highest BCUT2D eigenvalue weighted by molar-refractivity contribution is 7.93. The second kappa shape index (κ2) is 9.25. The van der Waals surface area contributed by atoms with Crippen LogP contribution in [-0.4, -0.2) is 47.2 Å². The number of fused-ring (bicyclic) bond motifs is 1. The summed E-state index contributed by atoms with van der Waals surface area (Å²) in [6.45, 7) is 0.190.